The number of methoxy groups -OCH3 is 1. The van der Waals surface area contributed by atoms with Crippen LogP contribution in [0.25, 0.3) is 0 Å². The van der Waals surface area contributed by atoms with Gasteiger partial charge in [-0.15, -0.1) is 11.3 Å². The summed E-state index contributed by atoms with van der Waals surface area (Å²) >= 11 is 1.73. The van der Waals surface area contributed by atoms with E-state index in [1.807, 2.05) is 19.1 Å². The van der Waals surface area contributed by atoms with Gasteiger partial charge in [-0.25, -0.2) is 5.43 Å². The quantitative estimate of drug-likeness (QED) is 0.658. The van der Waals surface area contributed by atoms with Gasteiger partial charge in [-0.05, 0) is 48.1 Å². The van der Waals surface area contributed by atoms with E-state index in [1.165, 1.54) is 10.4 Å². The molecule has 0 saturated heterocycles. The van der Waals surface area contributed by atoms with E-state index >= 15 is 0 Å². The van der Waals surface area contributed by atoms with Crippen LogP contribution in [0, 0.1) is 13.8 Å². The summed E-state index contributed by atoms with van der Waals surface area (Å²) < 4.78 is 5.27. The number of hydrogen-bond acceptors (Lipinski definition) is 4. The van der Waals surface area contributed by atoms with Crippen molar-refractivity contribution in [1.82, 2.24) is 5.43 Å². The predicted molar refractivity (Wildman–Crippen MR) is 76.0 cm³/mol. The molecule has 4 heteroatoms. The second-order valence-corrected chi connectivity index (χ2v) is 5.43. The molecule has 1 heterocycles. The monoisotopic (exact) mass is 262 g/mol. The summed E-state index contributed by atoms with van der Waals surface area (Å²) in [5, 5.41) is 2.14. The Kier molecular flexibility index (Phi) is 4.01. The predicted octanol–water partition coefficient (Wildman–Crippen LogP) is 2.93. The van der Waals surface area contributed by atoms with Gasteiger partial charge in [0.05, 0.1) is 13.2 Å². The Morgan fingerprint density at radius 3 is 2.50 bits per heavy atom. The smallest absolute Gasteiger partial charge is 0.121 e. The number of benzene rings is 1. The van der Waals surface area contributed by atoms with Crippen molar-refractivity contribution in [3.05, 3.63) is 51.2 Å². The lowest BCUT2D eigenvalue weighted by molar-refractivity contribution is 0.411. The van der Waals surface area contributed by atoms with Crippen molar-refractivity contribution in [2.24, 2.45) is 5.84 Å². The van der Waals surface area contributed by atoms with Crippen molar-refractivity contribution in [2.75, 3.05) is 7.11 Å². The number of nitrogens with two attached hydrogens (primary N) is 1. The zero-order chi connectivity index (χ0) is 13.1. The fourth-order valence-corrected chi connectivity index (χ4v) is 2.81. The highest BCUT2D eigenvalue weighted by Crippen LogP contribution is 2.28. The SMILES string of the molecule is COc1ccc(C(NN)c2csc(C)c2)cc1C. The lowest BCUT2D eigenvalue weighted by Crippen LogP contribution is -2.28. The highest BCUT2D eigenvalue weighted by molar-refractivity contribution is 7.10. The number of nitrogens with one attached hydrogen (secondary N) is 1. The third kappa shape index (κ3) is 2.56. The second kappa shape index (κ2) is 5.52. The van der Waals surface area contributed by atoms with E-state index in [4.69, 9.17) is 10.6 Å². The first-order valence-corrected chi connectivity index (χ1v) is 6.69. The molecule has 0 aliphatic rings. The number of hydrazine groups is 1. The van der Waals surface area contributed by atoms with Gasteiger partial charge in [-0.2, -0.15) is 0 Å². The van der Waals surface area contributed by atoms with Crippen molar-refractivity contribution in [3.8, 4) is 5.75 Å². The number of hydrogen-bond donors (Lipinski definition) is 2. The van der Waals surface area contributed by atoms with Gasteiger partial charge in [0.1, 0.15) is 5.75 Å². The summed E-state index contributed by atoms with van der Waals surface area (Å²) in [7, 11) is 1.68. The second-order valence-electron chi connectivity index (χ2n) is 4.32. The maximum Gasteiger partial charge on any atom is 0.121 e. The fraction of sp³-hybridized carbons (Fsp3) is 0.286. The van der Waals surface area contributed by atoms with E-state index in [-0.39, 0.29) is 6.04 Å². The third-order valence-electron chi connectivity index (χ3n) is 3.00. The van der Waals surface area contributed by atoms with Crippen LogP contribution in [0.3, 0.4) is 0 Å². The van der Waals surface area contributed by atoms with Crippen LogP contribution in [0.2, 0.25) is 0 Å². The average Bonchev–Trinajstić information content (AvgIpc) is 2.77. The standard InChI is InChI=1S/C14H18N2OS/c1-9-6-11(4-5-13(9)17-3)14(16-15)12-7-10(2)18-8-12/h4-8,14,16H,15H2,1-3H3. The maximum atomic E-state index is 5.69. The van der Waals surface area contributed by atoms with Crippen molar-refractivity contribution in [2.45, 2.75) is 19.9 Å². The lowest BCUT2D eigenvalue weighted by atomic mass is 9.99. The topological polar surface area (TPSA) is 47.3 Å². The van der Waals surface area contributed by atoms with Gasteiger partial charge < -0.3 is 4.74 Å². The molecule has 0 saturated carbocycles. The molecule has 2 rings (SSSR count). The van der Waals surface area contributed by atoms with Gasteiger partial charge in [0.25, 0.3) is 0 Å². The summed E-state index contributed by atoms with van der Waals surface area (Å²) in [5.41, 5.74) is 6.34. The van der Waals surface area contributed by atoms with Crippen LogP contribution in [0.4, 0.5) is 0 Å². The highest BCUT2D eigenvalue weighted by atomic mass is 32.1. The maximum absolute atomic E-state index is 5.69. The van der Waals surface area contributed by atoms with Gasteiger partial charge in [-0.1, -0.05) is 12.1 Å². The minimum Gasteiger partial charge on any atom is -0.496 e. The van der Waals surface area contributed by atoms with Crippen LogP contribution in [0.5, 0.6) is 5.75 Å². The molecule has 3 nitrogen and oxygen atoms in total. The molecule has 1 unspecified atom stereocenters. The zero-order valence-electron chi connectivity index (χ0n) is 10.9. The fourth-order valence-electron chi connectivity index (χ4n) is 2.08. The van der Waals surface area contributed by atoms with Crippen molar-refractivity contribution in [1.29, 1.82) is 0 Å². The Morgan fingerprint density at radius 2 is 2.00 bits per heavy atom. The minimum atomic E-state index is 0.0274. The first-order valence-electron chi connectivity index (χ1n) is 5.81. The Morgan fingerprint density at radius 1 is 1.22 bits per heavy atom. The molecule has 1 aromatic heterocycles. The molecule has 1 aromatic carbocycles. The van der Waals surface area contributed by atoms with E-state index in [0.29, 0.717) is 0 Å². The molecule has 2 aromatic rings. The third-order valence-corrected chi connectivity index (χ3v) is 3.88. The first-order chi connectivity index (χ1) is 8.65. The van der Waals surface area contributed by atoms with Crippen LogP contribution in [0.1, 0.15) is 27.6 Å². The largest absolute Gasteiger partial charge is 0.496 e. The minimum absolute atomic E-state index is 0.0274. The van der Waals surface area contributed by atoms with Crippen molar-refractivity contribution < 1.29 is 4.74 Å². The average molecular weight is 262 g/mol. The van der Waals surface area contributed by atoms with Crippen molar-refractivity contribution in [3.63, 3.8) is 0 Å². The van der Waals surface area contributed by atoms with E-state index < -0.39 is 0 Å². The molecular formula is C14H18N2OS. The first kappa shape index (κ1) is 13.1. The van der Waals surface area contributed by atoms with E-state index in [2.05, 4.69) is 29.9 Å². The molecule has 0 aliphatic carbocycles. The van der Waals surface area contributed by atoms with Crippen molar-refractivity contribution >= 4 is 11.3 Å². The Labute approximate surface area is 112 Å². The summed E-state index contributed by atoms with van der Waals surface area (Å²) in [6.45, 7) is 4.13. The normalized spacial score (nSPS) is 12.4. The molecule has 0 fully saturated rings. The van der Waals surface area contributed by atoms with E-state index in [0.717, 1.165) is 16.9 Å². The Hall–Kier alpha value is -1.36. The number of aryl methyl sites for hydroxylation is 2. The number of thiophene rings is 1. The van der Waals surface area contributed by atoms with Gasteiger partial charge in [-0.3, -0.25) is 5.84 Å². The molecule has 0 radical (unpaired) electrons. The molecule has 96 valence electrons. The van der Waals surface area contributed by atoms with Crippen LogP contribution < -0.4 is 16.0 Å². The summed E-state index contributed by atoms with van der Waals surface area (Å²) in [5.74, 6) is 6.59. The number of rotatable bonds is 4. The molecule has 3 N–H and O–H groups in total. The molecule has 1 atom stereocenters. The van der Waals surface area contributed by atoms with Gasteiger partial charge in [0.2, 0.25) is 0 Å². The lowest BCUT2D eigenvalue weighted by Gasteiger charge is -2.16. The highest BCUT2D eigenvalue weighted by Gasteiger charge is 2.14. The van der Waals surface area contributed by atoms with Crippen LogP contribution in [0.15, 0.2) is 29.6 Å². The number of ether oxygens (including phenoxy) is 1. The molecule has 0 spiro atoms. The van der Waals surface area contributed by atoms with Crippen LogP contribution in [-0.4, -0.2) is 7.11 Å². The van der Waals surface area contributed by atoms with Crippen LogP contribution in [-0.2, 0) is 0 Å². The van der Waals surface area contributed by atoms with Gasteiger partial charge in [0.15, 0.2) is 0 Å². The zero-order valence-corrected chi connectivity index (χ0v) is 11.7. The molecule has 0 aliphatic heterocycles. The van der Waals surface area contributed by atoms with Gasteiger partial charge in [0, 0.05) is 4.88 Å². The molecule has 0 bridgehead atoms. The molecule has 18 heavy (non-hydrogen) atoms. The molecular weight excluding hydrogens is 244 g/mol. The molecule has 0 amide bonds. The Bertz CT molecular complexity index is 536. The summed E-state index contributed by atoms with van der Waals surface area (Å²) in [6.07, 6.45) is 0. The van der Waals surface area contributed by atoms with Gasteiger partial charge >= 0.3 is 0 Å². The van der Waals surface area contributed by atoms with Crippen LogP contribution >= 0.6 is 11.3 Å². The van der Waals surface area contributed by atoms with E-state index in [1.54, 1.807) is 18.4 Å². The Balaban J connectivity index is 2.36. The van der Waals surface area contributed by atoms with E-state index in [9.17, 15) is 0 Å². The summed E-state index contributed by atoms with van der Waals surface area (Å²) in [4.78, 5) is 1.29. The summed E-state index contributed by atoms with van der Waals surface area (Å²) in [6, 6.07) is 8.32.